The van der Waals surface area contributed by atoms with Crippen LogP contribution in [0.4, 0.5) is 11.4 Å². The van der Waals surface area contributed by atoms with Crippen LogP contribution in [-0.4, -0.2) is 44.0 Å². The minimum Gasteiger partial charge on any atom is -0.494 e. The number of benzene rings is 4. The van der Waals surface area contributed by atoms with Gasteiger partial charge in [0.05, 0.1) is 13.7 Å². The van der Waals surface area contributed by atoms with Crippen molar-refractivity contribution >= 4 is 29.0 Å². The van der Waals surface area contributed by atoms with Crippen LogP contribution in [0.1, 0.15) is 59.7 Å². The van der Waals surface area contributed by atoms with Gasteiger partial charge in [-0.05, 0) is 61.2 Å². The maximum Gasteiger partial charge on any atom is 0.328 e. The molecule has 1 N–H and O–H groups in total. The van der Waals surface area contributed by atoms with Gasteiger partial charge in [-0.25, -0.2) is 4.79 Å². The number of amides is 1. The molecule has 0 saturated carbocycles. The van der Waals surface area contributed by atoms with Gasteiger partial charge in [0.15, 0.2) is 5.78 Å². The van der Waals surface area contributed by atoms with E-state index in [0.29, 0.717) is 55.0 Å². The molecule has 1 amide bonds. The lowest BCUT2D eigenvalue weighted by atomic mass is 10.00. The molecule has 0 aliphatic heterocycles. The molecule has 0 heterocycles. The SMILES string of the molecule is CCCCC(=O)N(CCCOc1ccc(C[C@H](Nc2ccccc2C(=O)c2ccccc2)C(=O)OC)cc1)c1ccccc1C. The largest absolute Gasteiger partial charge is 0.494 e. The van der Waals surface area contributed by atoms with Crippen LogP contribution in [0, 0.1) is 6.92 Å². The maximum absolute atomic E-state index is 13.2. The smallest absolute Gasteiger partial charge is 0.328 e. The Morgan fingerprint density at radius 1 is 0.822 bits per heavy atom. The molecule has 7 heteroatoms. The van der Waals surface area contributed by atoms with Crippen LogP contribution >= 0.6 is 0 Å². The molecule has 0 aromatic heterocycles. The summed E-state index contributed by atoms with van der Waals surface area (Å²) in [6.07, 6.45) is 3.41. The Bertz CT molecular complexity index is 1550. The number of nitrogens with zero attached hydrogens (tertiary/aromatic N) is 1. The molecule has 0 bridgehead atoms. The summed E-state index contributed by atoms with van der Waals surface area (Å²) in [6.45, 7) is 5.15. The Balaban J connectivity index is 1.36. The van der Waals surface area contributed by atoms with Crippen molar-refractivity contribution in [2.75, 3.05) is 30.5 Å². The van der Waals surface area contributed by atoms with Crippen LogP contribution in [0.2, 0.25) is 0 Å². The zero-order chi connectivity index (χ0) is 32.0. The standard InChI is InChI=1S/C38H42N2O5/c1-4-5-20-36(41)40(35-19-12-9-14-28(35)2)25-13-26-45-31-23-21-29(22-24-31)27-34(38(43)44-3)39-33-18-11-10-17-32(33)37(42)30-15-7-6-8-16-30/h6-12,14-19,21-24,34,39H,4-5,13,20,25-27H2,1-3H3/t34-/m0/s1. The van der Waals surface area contributed by atoms with Crippen molar-refractivity contribution in [2.24, 2.45) is 0 Å². The van der Waals surface area contributed by atoms with Crippen molar-refractivity contribution in [3.8, 4) is 5.75 Å². The van der Waals surface area contributed by atoms with Crippen LogP contribution in [0.25, 0.3) is 0 Å². The zero-order valence-electron chi connectivity index (χ0n) is 26.3. The van der Waals surface area contributed by atoms with E-state index in [9.17, 15) is 14.4 Å². The van der Waals surface area contributed by atoms with E-state index in [1.807, 2.05) is 84.6 Å². The molecule has 4 aromatic carbocycles. The van der Waals surface area contributed by atoms with Crippen LogP contribution < -0.4 is 15.0 Å². The zero-order valence-corrected chi connectivity index (χ0v) is 26.3. The number of ketones is 1. The van der Waals surface area contributed by atoms with E-state index < -0.39 is 12.0 Å². The first-order valence-corrected chi connectivity index (χ1v) is 15.5. The number of nitrogens with one attached hydrogen (secondary N) is 1. The molecule has 0 aliphatic carbocycles. The normalized spacial score (nSPS) is 11.4. The number of carbonyl (C=O) groups excluding carboxylic acids is 3. The van der Waals surface area contributed by atoms with E-state index in [2.05, 4.69) is 12.2 Å². The number of aryl methyl sites for hydroxylation is 1. The molecule has 0 radical (unpaired) electrons. The van der Waals surface area contributed by atoms with Crippen molar-refractivity contribution in [1.82, 2.24) is 0 Å². The van der Waals surface area contributed by atoms with Gasteiger partial charge in [0.2, 0.25) is 5.91 Å². The molecule has 0 saturated heterocycles. The minimum atomic E-state index is -0.704. The monoisotopic (exact) mass is 606 g/mol. The first-order valence-electron chi connectivity index (χ1n) is 15.5. The Hall–Kier alpha value is -4.91. The van der Waals surface area contributed by atoms with Crippen LogP contribution in [-0.2, 0) is 20.7 Å². The topological polar surface area (TPSA) is 84.9 Å². The van der Waals surface area contributed by atoms with Gasteiger partial charge in [0.25, 0.3) is 0 Å². The van der Waals surface area contributed by atoms with Gasteiger partial charge >= 0.3 is 5.97 Å². The lowest BCUT2D eigenvalue weighted by Crippen LogP contribution is -2.33. The Morgan fingerprint density at radius 2 is 1.51 bits per heavy atom. The number of hydrogen-bond acceptors (Lipinski definition) is 6. The third-order valence-electron chi connectivity index (χ3n) is 7.63. The molecular weight excluding hydrogens is 564 g/mol. The maximum atomic E-state index is 13.2. The van der Waals surface area contributed by atoms with Gasteiger partial charge in [-0.3, -0.25) is 9.59 Å². The van der Waals surface area contributed by atoms with Crippen molar-refractivity contribution in [1.29, 1.82) is 0 Å². The number of esters is 1. The molecule has 0 aliphatic rings. The summed E-state index contributed by atoms with van der Waals surface area (Å²) in [7, 11) is 1.35. The van der Waals surface area contributed by atoms with E-state index >= 15 is 0 Å². The summed E-state index contributed by atoms with van der Waals surface area (Å²) >= 11 is 0. The highest BCUT2D eigenvalue weighted by atomic mass is 16.5. The number of rotatable bonds is 16. The van der Waals surface area contributed by atoms with Gasteiger partial charge in [0, 0.05) is 41.9 Å². The molecule has 0 unspecified atom stereocenters. The van der Waals surface area contributed by atoms with Gasteiger partial charge < -0.3 is 19.7 Å². The van der Waals surface area contributed by atoms with E-state index in [0.717, 1.165) is 29.7 Å². The summed E-state index contributed by atoms with van der Waals surface area (Å²) in [5.74, 6) is 0.288. The average molecular weight is 607 g/mol. The van der Waals surface area contributed by atoms with Crippen LogP contribution in [0.3, 0.4) is 0 Å². The highest BCUT2D eigenvalue weighted by Crippen LogP contribution is 2.23. The Kier molecular flexibility index (Phi) is 12.3. The van der Waals surface area contributed by atoms with Gasteiger partial charge in [-0.1, -0.05) is 86.1 Å². The second kappa shape index (κ2) is 16.8. The second-order valence-corrected chi connectivity index (χ2v) is 10.9. The molecule has 0 fully saturated rings. The number of para-hydroxylation sites is 2. The van der Waals surface area contributed by atoms with Crippen molar-refractivity contribution in [3.05, 3.63) is 125 Å². The van der Waals surface area contributed by atoms with Crippen LogP contribution in [0.5, 0.6) is 5.75 Å². The fraction of sp³-hybridized carbons (Fsp3) is 0.289. The van der Waals surface area contributed by atoms with Crippen molar-refractivity contribution in [3.63, 3.8) is 0 Å². The lowest BCUT2D eigenvalue weighted by Gasteiger charge is -2.25. The molecule has 0 spiro atoms. The lowest BCUT2D eigenvalue weighted by molar-refractivity contribution is -0.141. The number of methoxy groups -OCH3 is 1. The number of hydrogen-bond donors (Lipinski definition) is 1. The van der Waals surface area contributed by atoms with Crippen molar-refractivity contribution < 1.29 is 23.9 Å². The van der Waals surface area contributed by atoms with E-state index in [-0.39, 0.29) is 11.7 Å². The number of unbranched alkanes of at least 4 members (excludes halogenated alkanes) is 1. The summed E-state index contributed by atoms with van der Waals surface area (Å²) in [6, 6.07) is 31.1. The van der Waals surface area contributed by atoms with Crippen molar-refractivity contribution in [2.45, 2.75) is 52.0 Å². The molecule has 4 aromatic rings. The first-order chi connectivity index (χ1) is 21.9. The molecule has 1 atom stereocenters. The molecule has 234 valence electrons. The second-order valence-electron chi connectivity index (χ2n) is 10.9. The number of ether oxygens (including phenoxy) is 2. The third kappa shape index (κ3) is 9.29. The molecule has 45 heavy (non-hydrogen) atoms. The van der Waals surface area contributed by atoms with Gasteiger partial charge in [-0.2, -0.15) is 0 Å². The summed E-state index contributed by atoms with van der Waals surface area (Å²) in [4.78, 5) is 40.8. The summed E-state index contributed by atoms with van der Waals surface area (Å²) < 4.78 is 11.1. The number of anilines is 2. The Morgan fingerprint density at radius 3 is 2.22 bits per heavy atom. The predicted octanol–water partition coefficient (Wildman–Crippen LogP) is 7.41. The fourth-order valence-corrected chi connectivity index (χ4v) is 5.15. The predicted molar refractivity (Wildman–Crippen MR) is 179 cm³/mol. The molecular formula is C38H42N2O5. The van der Waals surface area contributed by atoms with Crippen LogP contribution in [0.15, 0.2) is 103 Å². The fourth-order valence-electron chi connectivity index (χ4n) is 5.15. The Labute approximate surface area is 266 Å². The van der Waals surface area contributed by atoms with Gasteiger partial charge in [0.1, 0.15) is 11.8 Å². The van der Waals surface area contributed by atoms with E-state index in [1.54, 1.807) is 30.3 Å². The minimum absolute atomic E-state index is 0.129. The molecule has 7 nitrogen and oxygen atoms in total. The average Bonchev–Trinajstić information content (AvgIpc) is 3.08. The highest BCUT2D eigenvalue weighted by molar-refractivity contribution is 6.12. The van der Waals surface area contributed by atoms with E-state index in [4.69, 9.17) is 9.47 Å². The molecule has 4 rings (SSSR count). The summed E-state index contributed by atoms with van der Waals surface area (Å²) in [5.41, 5.74) is 4.55. The first kappa shape index (κ1) is 33.0. The summed E-state index contributed by atoms with van der Waals surface area (Å²) in [5, 5.41) is 3.24. The number of carbonyl (C=O) groups is 3. The third-order valence-corrected chi connectivity index (χ3v) is 7.63. The van der Waals surface area contributed by atoms with E-state index in [1.165, 1.54) is 7.11 Å². The quantitative estimate of drug-likeness (QED) is 0.0812. The van der Waals surface area contributed by atoms with Gasteiger partial charge in [-0.15, -0.1) is 0 Å². The highest BCUT2D eigenvalue weighted by Gasteiger charge is 2.23.